The van der Waals surface area contributed by atoms with Gasteiger partial charge in [-0.15, -0.1) is 0 Å². The van der Waals surface area contributed by atoms with Crippen molar-refractivity contribution in [2.24, 2.45) is 5.73 Å². The highest BCUT2D eigenvalue weighted by molar-refractivity contribution is 5.22. The summed E-state index contributed by atoms with van der Waals surface area (Å²) < 4.78 is 0. The highest BCUT2D eigenvalue weighted by atomic mass is 15.2. The minimum atomic E-state index is 0.807. The molecule has 1 fully saturated rings. The zero-order valence-corrected chi connectivity index (χ0v) is 12.1. The maximum atomic E-state index is 5.52. The molecule has 2 N–H and O–H groups in total. The summed E-state index contributed by atoms with van der Waals surface area (Å²) in [4.78, 5) is 4.94. The summed E-state index contributed by atoms with van der Waals surface area (Å²) in [5, 5.41) is 0. The Kier molecular flexibility index (Phi) is 5.83. The van der Waals surface area contributed by atoms with Crippen LogP contribution in [0.4, 0.5) is 0 Å². The average molecular weight is 261 g/mol. The largest absolute Gasteiger partial charge is 0.330 e. The number of hydrogen-bond acceptors (Lipinski definition) is 3. The van der Waals surface area contributed by atoms with Crippen molar-refractivity contribution < 1.29 is 0 Å². The number of nitrogens with two attached hydrogens (primary N) is 1. The van der Waals surface area contributed by atoms with E-state index >= 15 is 0 Å². The second-order valence-electron chi connectivity index (χ2n) is 5.64. The van der Waals surface area contributed by atoms with Crippen molar-refractivity contribution in [2.45, 2.75) is 25.8 Å². The van der Waals surface area contributed by atoms with Gasteiger partial charge in [0.15, 0.2) is 0 Å². The van der Waals surface area contributed by atoms with Crippen LogP contribution in [-0.4, -0.2) is 49.6 Å². The molecule has 1 heterocycles. The molecule has 0 amide bonds. The quantitative estimate of drug-likeness (QED) is 0.791. The molecule has 0 atom stereocenters. The Morgan fingerprint density at radius 1 is 0.947 bits per heavy atom. The van der Waals surface area contributed by atoms with Crippen LogP contribution in [-0.2, 0) is 13.0 Å². The summed E-state index contributed by atoms with van der Waals surface area (Å²) in [5.41, 5.74) is 8.40. The Morgan fingerprint density at radius 3 is 2.21 bits per heavy atom. The molecule has 0 saturated carbocycles. The molecule has 1 aliphatic heterocycles. The number of unbranched alkanes of at least 4 members (excludes halogenated alkanes) is 1. The maximum absolute atomic E-state index is 5.52. The van der Waals surface area contributed by atoms with Crippen LogP contribution in [0.3, 0.4) is 0 Å². The molecule has 1 aliphatic rings. The van der Waals surface area contributed by atoms with Gasteiger partial charge in [0, 0.05) is 32.7 Å². The van der Waals surface area contributed by atoms with Crippen LogP contribution in [0.15, 0.2) is 24.3 Å². The van der Waals surface area contributed by atoms with Gasteiger partial charge >= 0.3 is 0 Å². The normalized spacial score (nSPS) is 17.8. The van der Waals surface area contributed by atoms with E-state index in [1.165, 1.54) is 43.7 Å². The molecule has 0 bridgehead atoms. The summed E-state index contributed by atoms with van der Waals surface area (Å²) >= 11 is 0. The maximum Gasteiger partial charge on any atom is 0.0234 e. The molecule has 1 saturated heterocycles. The van der Waals surface area contributed by atoms with Crippen LogP contribution in [0.5, 0.6) is 0 Å². The standard InChI is InChI=1S/C16H27N3/c1-18-10-12-19(13-11-18)14-16-7-5-15(6-8-16)4-2-3-9-17/h5-8H,2-4,9-14,17H2,1H3. The summed E-state index contributed by atoms with van der Waals surface area (Å²) in [7, 11) is 2.20. The summed E-state index contributed by atoms with van der Waals surface area (Å²) in [6.07, 6.45) is 3.49. The van der Waals surface area contributed by atoms with Crippen molar-refractivity contribution in [2.75, 3.05) is 39.8 Å². The third kappa shape index (κ3) is 4.94. The van der Waals surface area contributed by atoms with Crippen molar-refractivity contribution in [3.63, 3.8) is 0 Å². The van der Waals surface area contributed by atoms with E-state index < -0.39 is 0 Å². The zero-order valence-electron chi connectivity index (χ0n) is 12.1. The van der Waals surface area contributed by atoms with Crippen LogP contribution in [0, 0.1) is 0 Å². The molecule has 0 aromatic heterocycles. The van der Waals surface area contributed by atoms with Crippen LogP contribution < -0.4 is 5.73 Å². The number of likely N-dealkylation sites (N-methyl/N-ethyl adjacent to an activating group) is 1. The Balaban J connectivity index is 1.78. The lowest BCUT2D eigenvalue weighted by molar-refractivity contribution is 0.148. The third-order valence-electron chi connectivity index (χ3n) is 3.94. The minimum Gasteiger partial charge on any atom is -0.330 e. The Labute approximate surface area is 117 Å². The molecule has 0 aliphatic carbocycles. The van der Waals surface area contributed by atoms with Crippen LogP contribution in [0.2, 0.25) is 0 Å². The number of nitrogens with zero attached hydrogens (tertiary/aromatic N) is 2. The van der Waals surface area contributed by atoms with Gasteiger partial charge in [-0.25, -0.2) is 0 Å². The monoisotopic (exact) mass is 261 g/mol. The van der Waals surface area contributed by atoms with Gasteiger partial charge in [0.1, 0.15) is 0 Å². The first-order valence-corrected chi connectivity index (χ1v) is 7.47. The molecule has 0 spiro atoms. The van der Waals surface area contributed by atoms with Gasteiger partial charge in [0.05, 0.1) is 0 Å². The van der Waals surface area contributed by atoms with Crippen molar-refractivity contribution >= 4 is 0 Å². The van der Waals surface area contributed by atoms with Crippen LogP contribution >= 0.6 is 0 Å². The molecular weight excluding hydrogens is 234 g/mol. The molecule has 3 nitrogen and oxygen atoms in total. The van der Waals surface area contributed by atoms with Gasteiger partial charge < -0.3 is 10.6 Å². The minimum absolute atomic E-state index is 0.807. The third-order valence-corrected chi connectivity index (χ3v) is 3.94. The van der Waals surface area contributed by atoms with Gasteiger partial charge in [-0.2, -0.15) is 0 Å². The highest BCUT2D eigenvalue weighted by Gasteiger charge is 2.13. The average Bonchev–Trinajstić information content (AvgIpc) is 2.44. The molecule has 1 aromatic carbocycles. The van der Waals surface area contributed by atoms with E-state index in [4.69, 9.17) is 5.73 Å². The predicted octanol–water partition coefficient (Wildman–Crippen LogP) is 1.72. The highest BCUT2D eigenvalue weighted by Crippen LogP contribution is 2.11. The fourth-order valence-electron chi connectivity index (χ4n) is 2.55. The molecule has 106 valence electrons. The molecule has 19 heavy (non-hydrogen) atoms. The summed E-state index contributed by atoms with van der Waals surface area (Å²) in [5.74, 6) is 0. The lowest BCUT2D eigenvalue weighted by atomic mass is 10.1. The van der Waals surface area contributed by atoms with E-state index in [0.29, 0.717) is 0 Å². The molecule has 1 aromatic rings. The Bertz CT molecular complexity index is 353. The van der Waals surface area contributed by atoms with E-state index in [1.54, 1.807) is 0 Å². The smallest absolute Gasteiger partial charge is 0.0234 e. The van der Waals surface area contributed by atoms with Crippen molar-refractivity contribution in [3.8, 4) is 0 Å². The van der Waals surface area contributed by atoms with Gasteiger partial charge in [-0.1, -0.05) is 24.3 Å². The molecule has 3 heteroatoms. The van der Waals surface area contributed by atoms with Crippen molar-refractivity contribution in [1.82, 2.24) is 9.80 Å². The SMILES string of the molecule is CN1CCN(Cc2ccc(CCCCN)cc2)CC1. The van der Waals surface area contributed by atoms with Gasteiger partial charge in [0.25, 0.3) is 0 Å². The number of hydrogen-bond donors (Lipinski definition) is 1. The molecule has 0 unspecified atom stereocenters. The van der Waals surface area contributed by atoms with Crippen molar-refractivity contribution in [1.29, 1.82) is 0 Å². The van der Waals surface area contributed by atoms with E-state index in [9.17, 15) is 0 Å². The molecule has 0 radical (unpaired) electrons. The number of aryl methyl sites for hydroxylation is 1. The second-order valence-corrected chi connectivity index (χ2v) is 5.64. The lowest BCUT2D eigenvalue weighted by Crippen LogP contribution is -2.43. The first-order valence-electron chi connectivity index (χ1n) is 7.47. The second kappa shape index (κ2) is 7.63. The molecular formula is C16H27N3. The molecule has 2 rings (SSSR count). The van der Waals surface area contributed by atoms with Gasteiger partial charge in [-0.3, -0.25) is 4.90 Å². The van der Waals surface area contributed by atoms with Crippen LogP contribution in [0.1, 0.15) is 24.0 Å². The topological polar surface area (TPSA) is 32.5 Å². The summed E-state index contributed by atoms with van der Waals surface area (Å²) in [6, 6.07) is 9.13. The Hall–Kier alpha value is -0.900. The van der Waals surface area contributed by atoms with Gasteiger partial charge in [-0.05, 0) is 44.0 Å². The predicted molar refractivity (Wildman–Crippen MR) is 81.2 cm³/mol. The number of rotatable bonds is 6. The number of piperazine rings is 1. The first kappa shape index (κ1) is 14.5. The lowest BCUT2D eigenvalue weighted by Gasteiger charge is -2.32. The fraction of sp³-hybridized carbons (Fsp3) is 0.625. The zero-order chi connectivity index (χ0) is 13.5. The van der Waals surface area contributed by atoms with Crippen LogP contribution in [0.25, 0.3) is 0 Å². The van der Waals surface area contributed by atoms with Crippen molar-refractivity contribution in [3.05, 3.63) is 35.4 Å². The van der Waals surface area contributed by atoms with E-state index in [1.807, 2.05) is 0 Å². The van der Waals surface area contributed by atoms with Gasteiger partial charge in [0.2, 0.25) is 0 Å². The summed E-state index contributed by atoms with van der Waals surface area (Å²) in [6.45, 7) is 6.66. The van der Waals surface area contributed by atoms with E-state index in [-0.39, 0.29) is 0 Å². The Morgan fingerprint density at radius 2 is 1.58 bits per heavy atom. The fourth-order valence-corrected chi connectivity index (χ4v) is 2.55. The first-order chi connectivity index (χ1) is 9.28. The van der Waals surface area contributed by atoms with E-state index in [2.05, 4.69) is 41.1 Å². The number of benzene rings is 1. The van der Waals surface area contributed by atoms with E-state index in [0.717, 1.165) is 25.9 Å².